The number of hydrogen-bond donors (Lipinski definition) is 1. The van der Waals surface area contributed by atoms with Crippen LogP contribution < -0.4 is 5.32 Å². The molecule has 0 bridgehead atoms. The van der Waals surface area contributed by atoms with Gasteiger partial charge in [0.15, 0.2) is 5.78 Å². The van der Waals surface area contributed by atoms with Crippen LogP contribution in [0.3, 0.4) is 0 Å². The molecule has 0 aliphatic carbocycles. The van der Waals surface area contributed by atoms with Gasteiger partial charge in [0, 0.05) is 31.6 Å². The highest BCUT2D eigenvalue weighted by Gasteiger charge is 2.25. The second-order valence-corrected chi connectivity index (χ2v) is 4.97. The Morgan fingerprint density at radius 1 is 1.32 bits per heavy atom. The molecule has 3 rings (SSSR count). The van der Waals surface area contributed by atoms with Crippen molar-refractivity contribution in [1.29, 1.82) is 0 Å². The lowest BCUT2D eigenvalue weighted by Gasteiger charge is -2.31. The molecule has 1 atom stereocenters. The first-order chi connectivity index (χ1) is 9.27. The topological polar surface area (TPSA) is 45.5 Å². The Labute approximate surface area is 112 Å². The van der Waals surface area contributed by atoms with Crippen LogP contribution >= 0.6 is 0 Å². The third-order valence-electron chi connectivity index (χ3n) is 3.83. The van der Waals surface area contributed by atoms with E-state index in [1.807, 2.05) is 31.2 Å². The van der Waals surface area contributed by atoms with Crippen LogP contribution in [0.4, 0.5) is 0 Å². The van der Waals surface area contributed by atoms with Gasteiger partial charge in [-0.15, -0.1) is 0 Å². The first kappa shape index (κ1) is 12.4. The normalized spacial score (nSPS) is 18.6. The number of nitrogens with one attached hydrogen (secondary N) is 1. The van der Waals surface area contributed by atoms with Crippen LogP contribution in [0, 0.1) is 0 Å². The lowest BCUT2D eigenvalue weighted by Crippen LogP contribution is -2.50. The number of piperazine rings is 1. The maximum Gasteiger partial charge on any atom is 0.183 e. The molecule has 0 saturated carbocycles. The molecule has 1 unspecified atom stereocenters. The largest absolute Gasteiger partial charge is 0.464 e. The fraction of sp³-hybridized carbons (Fsp3) is 0.400. The van der Waals surface area contributed by atoms with Crippen molar-refractivity contribution < 1.29 is 9.21 Å². The third-order valence-corrected chi connectivity index (χ3v) is 3.83. The van der Waals surface area contributed by atoms with E-state index in [0.717, 1.165) is 37.1 Å². The average molecular weight is 258 g/mol. The van der Waals surface area contributed by atoms with Crippen LogP contribution in [-0.2, 0) is 0 Å². The number of para-hydroxylation sites is 1. The minimum absolute atomic E-state index is 0.0943. The van der Waals surface area contributed by atoms with Gasteiger partial charge in [-0.2, -0.15) is 0 Å². The predicted molar refractivity (Wildman–Crippen MR) is 74.4 cm³/mol. The molecule has 1 N–H and O–H groups in total. The summed E-state index contributed by atoms with van der Waals surface area (Å²) in [6.07, 6.45) is 1.59. The number of fused-ring (bicyclic) bond motifs is 1. The molecule has 1 saturated heterocycles. The van der Waals surface area contributed by atoms with Crippen LogP contribution in [0.5, 0.6) is 0 Å². The zero-order valence-electron chi connectivity index (χ0n) is 11.1. The van der Waals surface area contributed by atoms with Gasteiger partial charge in [0.2, 0.25) is 0 Å². The van der Waals surface area contributed by atoms with E-state index in [9.17, 15) is 4.79 Å². The van der Waals surface area contributed by atoms with Crippen molar-refractivity contribution in [1.82, 2.24) is 10.2 Å². The Balaban J connectivity index is 1.86. The number of rotatable bonds is 3. The fourth-order valence-corrected chi connectivity index (χ4v) is 2.63. The molecule has 1 fully saturated rings. The molecule has 1 aliphatic rings. The monoisotopic (exact) mass is 258 g/mol. The summed E-state index contributed by atoms with van der Waals surface area (Å²) < 4.78 is 5.46. The number of furan rings is 1. The average Bonchev–Trinajstić information content (AvgIpc) is 2.90. The third kappa shape index (κ3) is 2.29. The molecule has 4 nitrogen and oxygen atoms in total. The maximum absolute atomic E-state index is 12.6. The zero-order valence-corrected chi connectivity index (χ0v) is 11.1. The highest BCUT2D eigenvalue weighted by Crippen LogP contribution is 2.23. The molecule has 1 aliphatic heterocycles. The molecule has 19 heavy (non-hydrogen) atoms. The van der Waals surface area contributed by atoms with Gasteiger partial charge in [0.05, 0.1) is 11.6 Å². The smallest absolute Gasteiger partial charge is 0.183 e. The lowest BCUT2D eigenvalue weighted by molar-refractivity contribution is 0.0821. The number of benzene rings is 1. The summed E-state index contributed by atoms with van der Waals surface area (Å²) in [5.74, 6) is 0.145. The molecule has 0 radical (unpaired) electrons. The number of ketones is 1. The molecule has 1 aromatic heterocycles. The SMILES string of the molecule is CC(C(=O)c1coc2ccccc12)N1CCNCC1. The van der Waals surface area contributed by atoms with E-state index < -0.39 is 0 Å². The van der Waals surface area contributed by atoms with Gasteiger partial charge in [0.25, 0.3) is 0 Å². The maximum atomic E-state index is 12.6. The van der Waals surface area contributed by atoms with Crippen LogP contribution in [0.1, 0.15) is 17.3 Å². The molecular weight excluding hydrogens is 240 g/mol. The van der Waals surface area contributed by atoms with Gasteiger partial charge in [-0.05, 0) is 13.0 Å². The standard InChI is InChI=1S/C15H18N2O2/c1-11(17-8-6-16-7-9-17)15(18)13-10-19-14-5-3-2-4-12(13)14/h2-5,10-11,16H,6-9H2,1H3. The number of hydrogen-bond acceptors (Lipinski definition) is 4. The number of carbonyl (C=O) groups is 1. The minimum atomic E-state index is -0.0943. The van der Waals surface area contributed by atoms with E-state index in [2.05, 4.69) is 10.2 Å². The molecule has 0 spiro atoms. The highest BCUT2D eigenvalue weighted by molar-refractivity contribution is 6.09. The predicted octanol–water partition coefficient (Wildman–Crippen LogP) is 1.91. The van der Waals surface area contributed by atoms with E-state index in [1.54, 1.807) is 6.26 Å². The summed E-state index contributed by atoms with van der Waals surface area (Å²) in [7, 11) is 0. The van der Waals surface area contributed by atoms with Crippen LogP contribution in [0.25, 0.3) is 11.0 Å². The quantitative estimate of drug-likeness (QED) is 0.854. The molecule has 0 amide bonds. The highest BCUT2D eigenvalue weighted by atomic mass is 16.3. The van der Waals surface area contributed by atoms with Crippen molar-refractivity contribution in [3.8, 4) is 0 Å². The van der Waals surface area contributed by atoms with Crippen molar-refractivity contribution in [2.75, 3.05) is 26.2 Å². The molecular formula is C15H18N2O2. The Morgan fingerprint density at radius 2 is 2.05 bits per heavy atom. The zero-order chi connectivity index (χ0) is 13.2. The van der Waals surface area contributed by atoms with E-state index in [0.29, 0.717) is 5.56 Å². The first-order valence-electron chi connectivity index (χ1n) is 6.72. The van der Waals surface area contributed by atoms with Crippen molar-refractivity contribution in [3.05, 3.63) is 36.1 Å². The lowest BCUT2D eigenvalue weighted by atomic mass is 10.0. The molecule has 1 aromatic carbocycles. The van der Waals surface area contributed by atoms with Gasteiger partial charge in [-0.25, -0.2) is 0 Å². The van der Waals surface area contributed by atoms with E-state index >= 15 is 0 Å². The fourth-order valence-electron chi connectivity index (χ4n) is 2.63. The Bertz CT molecular complexity index is 585. The summed E-state index contributed by atoms with van der Waals surface area (Å²) in [5, 5.41) is 4.21. The van der Waals surface area contributed by atoms with Gasteiger partial charge in [0.1, 0.15) is 11.8 Å². The Hall–Kier alpha value is -1.65. The second-order valence-electron chi connectivity index (χ2n) is 4.97. The van der Waals surface area contributed by atoms with Crippen LogP contribution in [-0.4, -0.2) is 42.9 Å². The molecule has 2 heterocycles. The van der Waals surface area contributed by atoms with E-state index in [4.69, 9.17) is 4.42 Å². The Kier molecular flexibility index (Phi) is 3.36. The van der Waals surface area contributed by atoms with Gasteiger partial charge < -0.3 is 9.73 Å². The minimum Gasteiger partial charge on any atom is -0.464 e. The first-order valence-corrected chi connectivity index (χ1v) is 6.72. The summed E-state index contributed by atoms with van der Waals surface area (Å²) in [6.45, 7) is 5.72. The summed E-state index contributed by atoms with van der Waals surface area (Å²) in [5.41, 5.74) is 1.47. The van der Waals surface area contributed by atoms with Crippen molar-refractivity contribution in [2.45, 2.75) is 13.0 Å². The molecule has 100 valence electrons. The van der Waals surface area contributed by atoms with Crippen LogP contribution in [0.2, 0.25) is 0 Å². The molecule has 4 heteroatoms. The summed E-state index contributed by atoms with van der Waals surface area (Å²) >= 11 is 0. The Morgan fingerprint density at radius 3 is 2.84 bits per heavy atom. The van der Waals surface area contributed by atoms with Crippen LogP contribution in [0.15, 0.2) is 34.9 Å². The number of carbonyl (C=O) groups excluding carboxylic acids is 1. The molecule has 2 aromatic rings. The van der Waals surface area contributed by atoms with Gasteiger partial charge in [-0.3, -0.25) is 9.69 Å². The second kappa shape index (κ2) is 5.15. The van der Waals surface area contributed by atoms with Gasteiger partial charge in [-0.1, -0.05) is 18.2 Å². The van der Waals surface area contributed by atoms with E-state index in [1.165, 1.54) is 0 Å². The van der Waals surface area contributed by atoms with Crippen molar-refractivity contribution >= 4 is 16.8 Å². The van der Waals surface area contributed by atoms with Crippen molar-refractivity contribution in [2.24, 2.45) is 0 Å². The van der Waals surface area contributed by atoms with E-state index in [-0.39, 0.29) is 11.8 Å². The van der Waals surface area contributed by atoms with Gasteiger partial charge >= 0.3 is 0 Å². The number of nitrogens with zero attached hydrogens (tertiary/aromatic N) is 1. The summed E-state index contributed by atoms with van der Waals surface area (Å²) in [6, 6.07) is 7.59. The summed E-state index contributed by atoms with van der Waals surface area (Å²) in [4.78, 5) is 14.8. The number of Topliss-reactive ketones (excluding diaryl/α,β-unsaturated/α-hetero) is 1. The van der Waals surface area contributed by atoms with Crippen molar-refractivity contribution in [3.63, 3.8) is 0 Å².